The van der Waals surface area contributed by atoms with Gasteiger partial charge in [0.25, 0.3) is 5.56 Å². The van der Waals surface area contributed by atoms with E-state index in [2.05, 4.69) is 10.6 Å². The zero-order valence-electron chi connectivity index (χ0n) is 11.1. The van der Waals surface area contributed by atoms with Crippen LogP contribution in [0.25, 0.3) is 0 Å². The molecule has 0 bridgehead atoms. The van der Waals surface area contributed by atoms with Crippen molar-refractivity contribution >= 4 is 17.5 Å². The van der Waals surface area contributed by atoms with Crippen LogP contribution in [0.1, 0.15) is 19.3 Å². The molecule has 1 aliphatic rings. The lowest BCUT2D eigenvalue weighted by atomic mass is 10.3. The lowest BCUT2D eigenvalue weighted by Gasteiger charge is -2.08. The number of hydrogen-bond donors (Lipinski definition) is 3. The molecule has 0 radical (unpaired) electrons. The van der Waals surface area contributed by atoms with E-state index < -0.39 is 0 Å². The van der Waals surface area contributed by atoms with E-state index in [-0.39, 0.29) is 36.9 Å². The summed E-state index contributed by atoms with van der Waals surface area (Å²) in [5.41, 5.74) is 5.68. The Balaban J connectivity index is 1.73. The molecular weight excluding hydrogens is 260 g/mol. The molecule has 1 saturated carbocycles. The third-order valence-electron chi connectivity index (χ3n) is 2.94. The fourth-order valence-electron chi connectivity index (χ4n) is 1.73. The fraction of sp³-hybridized carbons (Fsp3) is 0.462. The predicted molar refractivity (Wildman–Crippen MR) is 73.9 cm³/mol. The molecule has 4 N–H and O–H groups in total. The zero-order valence-corrected chi connectivity index (χ0v) is 11.1. The Morgan fingerprint density at radius 2 is 2.05 bits per heavy atom. The molecular formula is C13H18N4O3. The van der Waals surface area contributed by atoms with Gasteiger partial charge in [0, 0.05) is 37.0 Å². The number of pyridine rings is 1. The Bertz CT molecular complexity index is 563. The third-order valence-corrected chi connectivity index (χ3v) is 2.94. The Hall–Kier alpha value is -2.31. The smallest absolute Gasteiger partial charge is 0.251 e. The monoisotopic (exact) mass is 278 g/mol. The number of rotatable bonds is 6. The molecule has 2 rings (SSSR count). The van der Waals surface area contributed by atoms with E-state index in [1.807, 2.05) is 0 Å². The Morgan fingerprint density at radius 3 is 2.75 bits per heavy atom. The van der Waals surface area contributed by atoms with Crippen molar-refractivity contribution in [3.8, 4) is 0 Å². The quantitative estimate of drug-likeness (QED) is 0.634. The van der Waals surface area contributed by atoms with Crippen LogP contribution in [0.3, 0.4) is 0 Å². The molecule has 7 nitrogen and oxygen atoms in total. The van der Waals surface area contributed by atoms with Gasteiger partial charge in [-0.05, 0) is 18.9 Å². The SMILES string of the molecule is Nc1ccc(=O)n(CC(=O)NCCC(=O)NC2CC2)c1. The van der Waals surface area contributed by atoms with Crippen molar-refractivity contribution in [2.75, 3.05) is 12.3 Å². The highest BCUT2D eigenvalue weighted by Gasteiger charge is 2.22. The van der Waals surface area contributed by atoms with Crippen molar-refractivity contribution in [1.29, 1.82) is 0 Å². The lowest BCUT2D eigenvalue weighted by molar-refractivity contribution is -0.122. The second kappa shape index (κ2) is 6.23. The number of amides is 2. The standard InChI is InChI=1S/C13H18N4O3/c14-9-1-4-13(20)17(7-9)8-12(19)15-6-5-11(18)16-10-2-3-10/h1,4,7,10H,2-3,5-6,8,14H2,(H,15,19)(H,16,18). The van der Waals surface area contributed by atoms with Gasteiger partial charge >= 0.3 is 0 Å². The van der Waals surface area contributed by atoms with E-state index in [1.54, 1.807) is 0 Å². The number of anilines is 1. The average Bonchev–Trinajstić information content (AvgIpc) is 3.17. The molecule has 108 valence electrons. The predicted octanol–water partition coefficient (Wildman–Crippen LogP) is -0.785. The van der Waals surface area contributed by atoms with Gasteiger partial charge in [-0.2, -0.15) is 0 Å². The highest BCUT2D eigenvalue weighted by Crippen LogP contribution is 2.18. The number of nitrogens with two attached hydrogens (primary N) is 1. The van der Waals surface area contributed by atoms with E-state index in [0.717, 1.165) is 12.8 Å². The van der Waals surface area contributed by atoms with Crippen LogP contribution in [0.2, 0.25) is 0 Å². The van der Waals surface area contributed by atoms with Gasteiger partial charge in [0.2, 0.25) is 11.8 Å². The van der Waals surface area contributed by atoms with Crippen LogP contribution >= 0.6 is 0 Å². The summed E-state index contributed by atoms with van der Waals surface area (Å²) in [6.45, 7) is 0.155. The highest BCUT2D eigenvalue weighted by molar-refractivity contribution is 5.79. The van der Waals surface area contributed by atoms with Crippen LogP contribution in [0, 0.1) is 0 Å². The van der Waals surface area contributed by atoms with Gasteiger partial charge in [-0.1, -0.05) is 0 Å². The van der Waals surface area contributed by atoms with Crippen LogP contribution in [0.15, 0.2) is 23.1 Å². The van der Waals surface area contributed by atoms with Crippen LogP contribution in [0.4, 0.5) is 5.69 Å². The van der Waals surface area contributed by atoms with Crippen molar-refractivity contribution < 1.29 is 9.59 Å². The first-order chi connectivity index (χ1) is 9.54. The van der Waals surface area contributed by atoms with Crippen molar-refractivity contribution in [3.63, 3.8) is 0 Å². The van der Waals surface area contributed by atoms with Gasteiger partial charge in [-0.3, -0.25) is 14.4 Å². The first kappa shape index (κ1) is 14.1. The number of nitrogen functional groups attached to an aromatic ring is 1. The van der Waals surface area contributed by atoms with Gasteiger partial charge in [-0.25, -0.2) is 0 Å². The summed E-state index contributed by atoms with van der Waals surface area (Å²) in [4.78, 5) is 34.5. The van der Waals surface area contributed by atoms with Crippen molar-refractivity contribution in [3.05, 3.63) is 28.7 Å². The van der Waals surface area contributed by atoms with Gasteiger partial charge in [0.15, 0.2) is 0 Å². The molecule has 1 aromatic heterocycles. The summed E-state index contributed by atoms with van der Waals surface area (Å²) in [6, 6.07) is 3.12. The molecule has 20 heavy (non-hydrogen) atoms. The normalized spacial score (nSPS) is 13.8. The van der Waals surface area contributed by atoms with E-state index in [4.69, 9.17) is 5.73 Å². The Morgan fingerprint density at radius 1 is 1.30 bits per heavy atom. The summed E-state index contributed by atoms with van der Waals surface area (Å²) in [7, 11) is 0. The maximum absolute atomic E-state index is 11.6. The molecule has 0 unspecified atom stereocenters. The summed E-state index contributed by atoms with van der Waals surface area (Å²) < 4.78 is 1.23. The third kappa shape index (κ3) is 4.42. The summed E-state index contributed by atoms with van der Waals surface area (Å²) in [5.74, 6) is -0.383. The van der Waals surface area contributed by atoms with Gasteiger partial charge < -0.3 is 20.9 Å². The first-order valence-corrected chi connectivity index (χ1v) is 6.56. The van der Waals surface area contributed by atoms with Gasteiger partial charge in [0.05, 0.1) is 0 Å². The number of aromatic nitrogens is 1. The van der Waals surface area contributed by atoms with Crippen LogP contribution in [-0.2, 0) is 16.1 Å². The number of nitrogens with one attached hydrogen (secondary N) is 2. The number of carbonyl (C=O) groups excluding carboxylic acids is 2. The molecule has 7 heteroatoms. The van der Waals surface area contributed by atoms with Crippen molar-refractivity contribution in [1.82, 2.24) is 15.2 Å². The molecule has 0 aliphatic heterocycles. The number of nitrogens with zero attached hydrogens (tertiary/aromatic N) is 1. The molecule has 0 spiro atoms. The van der Waals surface area contributed by atoms with E-state index >= 15 is 0 Å². The van der Waals surface area contributed by atoms with Crippen LogP contribution in [-0.4, -0.2) is 29.0 Å². The zero-order chi connectivity index (χ0) is 14.5. The van der Waals surface area contributed by atoms with E-state index in [9.17, 15) is 14.4 Å². The average molecular weight is 278 g/mol. The molecule has 0 atom stereocenters. The molecule has 1 aliphatic carbocycles. The van der Waals surface area contributed by atoms with E-state index in [0.29, 0.717) is 11.7 Å². The second-order valence-corrected chi connectivity index (χ2v) is 4.87. The second-order valence-electron chi connectivity index (χ2n) is 4.87. The van der Waals surface area contributed by atoms with Crippen molar-refractivity contribution in [2.24, 2.45) is 0 Å². The Kier molecular flexibility index (Phi) is 4.39. The molecule has 1 heterocycles. The maximum Gasteiger partial charge on any atom is 0.251 e. The minimum Gasteiger partial charge on any atom is -0.398 e. The maximum atomic E-state index is 11.6. The molecule has 0 aromatic carbocycles. The van der Waals surface area contributed by atoms with Crippen LogP contribution in [0.5, 0.6) is 0 Å². The van der Waals surface area contributed by atoms with Crippen molar-refractivity contribution in [2.45, 2.75) is 31.8 Å². The van der Waals surface area contributed by atoms with Gasteiger partial charge in [-0.15, -0.1) is 0 Å². The molecule has 0 saturated heterocycles. The first-order valence-electron chi connectivity index (χ1n) is 6.56. The lowest BCUT2D eigenvalue weighted by Crippen LogP contribution is -2.35. The number of hydrogen-bond acceptors (Lipinski definition) is 4. The molecule has 2 amide bonds. The van der Waals surface area contributed by atoms with Crippen LogP contribution < -0.4 is 21.9 Å². The molecule has 1 fully saturated rings. The minimum atomic E-state index is -0.322. The summed E-state index contributed by atoms with van der Waals surface area (Å²) in [5, 5.41) is 5.43. The van der Waals surface area contributed by atoms with E-state index in [1.165, 1.54) is 22.9 Å². The Labute approximate surface area is 116 Å². The largest absolute Gasteiger partial charge is 0.398 e. The topological polar surface area (TPSA) is 106 Å². The highest BCUT2D eigenvalue weighted by atomic mass is 16.2. The summed E-state index contributed by atoms with van der Waals surface area (Å²) in [6.07, 6.45) is 3.74. The summed E-state index contributed by atoms with van der Waals surface area (Å²) >= 11 is 0. The van der Waals surface area contributed by atoms with Gasteiger partial charge in [0.1, 0.15) is 6.54 Å². The minimum absolute atomic E-state index is 0.0612. The fourth-order valence-corrected chi connectivity index (χ4v) is 1.73. The number of carbonyl (C=O) groups is 2. The molecule has 1 aromatic rings.